The van der Waals surface area contributed by atoms with Crippen molar-refractivity contribution >= 4 is 39.3 Å². The second-order valence-electron chi connectivity index (χ2n) is 7.14. The monoisotopic (exact) mass is 463 g/mol. The van der Waals surface area contributed by atoms with E-state index in [4.69, 9.17) is 9.13 Å². The first-order valence-corrected chi connectivity index (χ1v) is 11.3. The van der Waals surface area contributed by atoms with E-state index in [9.17, 15) is 0 Å². The molecule has 28 heavy (non-hydrogen) atoms. The molecular weight excluding hydrogens is 434 g/mol. The standard InChI is InChI=1S/C20H24BrN3OS.C2H6/c1-20(2,3)26-23-19(17-5-4-6-18(21)22-17)15-7-9-16(10-8-15)24-11-13-25-14-12-24;1-2/h4-10H,11-14H2,1-3H3;1-2H3/b23-19-;. The average Bonchev–Trinajstić information content (AvgIpc) is 2.70. The zero-order valence-electron chi connectivity index (χ0n) is 17.4. The molecule has 2 heterocycles. The lowest BCUT2D eigenvalue weighted by atomic mass is 10.1. The summed E-state index contributed by atoms with van der Waals surface area (Å²) in [6.07, 6.45) is 0. The molecule has 0 unspecified atom stereocenters. The average molecular weight is 464 g/mol. The molecule has 152 valence electrons. The zero-order valence-corrected chi connectivity index (χ0v) is 19.8. The van der Waals surface area contributed by atoms with Gasteiger partial charge < -0.3 is 9.64 Å². The molecule has 0 amide bonds. The summed E-state index contributed by atoms with van der Waals surface area (Å²) < 4.78 is 11.1. The Hall–Kier alpha value is -1.37. The minimum absolute atomic E-state index is 0.0466. The first-order chi connectivity index (χ1) is 13.4. The van der Waals surface area contributed by atoms with Crippen LogP contribution in [-0.4, -0.2) is 41.7 Å². The highest BCUT2D eigenvalue weighted by atomic mass is 79.9. The molecule has 1 aromatic heterocycles. The van der Waals surface area contributed by atoms with E-state index in [0.717, 1.165) is 47.9 Å². The van der Waals surface area contributed by atoms with Crippen LogP contribution in [0, 0.1) is 0 Å². The van der Waals surface area contributed by atoms with E-state index in [0.29, 0.717) is 0 Å². The Labute approximate surface area is 182 Å². The molecule has 2 aromatic rings. The second kappa shape index (κ2) is 11.0. The van der Waals surface area contributed by atoms with Crippen LogP contribution < -0.4 is 4.90 Å². The number of pyridine rings is 1. The molecule has 0 N–H and O–H groups in total. The third-order valence-electron chi connectivity index (χ3n) is 3.89. The van der Waals surface area contributed by atoms with Gasteiger partial charge in [0.05, 0.1) is 18.9 Å². The van der Waals surface area contributed by atoms with Gasteiger partial charge in [0, 0.05) is 29.1 Å². The van der Waals surface area contributed by atoms with Gasteiger partial charge in [-0.05, 0) is 72.9 Å². The molecule has 1 saturated heterocycles. The van der Waals surface area contributed by atoms with Crippen LogP contribution in [0.1, 0.15) is 45.9 Å². The van der Waals surface area contributed by atoms with Crippen molar-refractivity contribution in [3.63, 3.8) is 0 Å². The van der Waals surface area contributed by atoms with Crippen LogP contribution in [0.15, 0.2) is 51.5 Å². The lowest BCUT2D eigenvalue weighted by Crippen LogP contribution is -2.36. The van der Waals surface area contributed by atoms with Crippen molar-refractivity contribution in [2.24, 2.45) is 4.40 Å². The number of ether oxygens (including phenoxy) is 1. The molecule has 0 aliphatic carbocycles. The van der Waals surface area contributed by atoms with Crippen molar-refractivity contribution in [1.82, 2.24) is 4.98 Å². The number of hydrogen-bond donors (Lipinski definition) is 0. The van der Waals surface area contributed by atoms with Gasteiger partial charge >= 0.3 is 0 Å². The van der Waals surface area contributed by atoms with Crippen molar-refractivity contribution in [1.29, 1.82) is 0 Å². The highest BCUT2D eigenvalue weighted by molar-refractivity contribution is 9.10. The predicted molar refractivity (Wildman–Crippen MR) is 126 cm³/mol. The number of nitrogens with zero attached hydrogens (tertiary/aromatic N) is 3. The molecule has 4 nitrogen and oxygen atoms in total. The fourth-order valence-corrected chi connectivity index (χ4v) is 3.53. The summed E-state index contributed by atoms with van der Waals surface area (Å²) in [6, 6.07) is 14.5. The third-order valence-corrected chi connectivity index (χ3v) is 5.15. The minimum atomic E-state index is 0.0466. The van der Waals surface area contributed by atoms with E-state index >= 15 is 0 Å². The number of aromatic nitrogens is 1. The Morgan fingerprint density at radius 3 is 2.29 bits per heavy atom. The van der Waals surface area contributed by atoms with E-state index in [-0.39, 0.29) is 4.75 Å². The van der Waals surface area contributed by atoms with Gasteiger partial charge in [-0.25, -0.2) is 9.38 Å². The van der Waals surface area contributed by atoms with E-state index in [1.807, 2.05) is 32.0 Å². The van der Waals surface area contributed by atoms with Gasteiger partial charge in [-0.2, -0.15) is 0 Å². The molecule has 1 aliphatic rings. The summed E-state index contributed by atoms with van der Waals surface area (Å²) in [5, 5.41) is 0. The van der Waals surface area contributed by atoms with E-state index in [2.05, 4.69) is 70.9 Å². The number of halogens is 1. The van der Waals surface area contributed by atoms with Gasteiger partial charge in [0.25, 0.3) is 0 Å². The van der Waals surface area contributed by atoms with E-state index in [1.54, 1.807) is 11.9 Å². The van der Waals surface area contributed by atoms with Crippen LogP contribution in [0.5, 0.6) is 0 Å². The molecule has 0 radical (unpaired) electrons. The smallest absolute Gasteiger partial charge is 0.106 e. The van der Waals surface area contributed by atoms with Crippen LogP contribution in [-0.2, 0) is 4.74 Å². The summed E-state index contributed by atoms with van der Waals surface area (Å²) in [7, 11) is 0. The maximum absolute atomic E-state index is 5.44. The lowest BCUT2D eigenvalue weighted by molar-refractivity contribution is 0.122. The largest absolute Gasteiger partial charge is 0.378 e. The van der Waals surface area contributed by atoms with Crippen LogP contribution in [0.25, 0.3) is 0 Å². The molecule has 1 fully saturated rings. The molecular formula is C22H30BrN3OS. The maximum atomic E-state index is 5.44. The Morgan fingerprint density at radius 1 is 1.07 bits per heavy atom. The fourth-order valence-electron chi connectivity index (χ4n) is 2.62. The first kappa shape index (κ1) is 22.9. The number of benzene rings is 1. The van der Waals surface area contributed by atoms with Crippen molar-refractivity contribution in [3.05, 3.63) is 58.3 Å². The van der Waals surface area contributed by atoms with Gasteiger partial charge in [0.2, 0.25) is 0 Å². The summed E-state index contributed by atoms with van der Waals surface area (Å²) >= 11 is 5.04. The highest BCUT2D eigenvalue weighted by Gasteiger charge is 2.16. The quantitative estimate of drug-likeness (QED) is 0.316. The van der Waals surface area contributed by atoms with Gasteiger partial charge in [-0.1, -0.05) is 32.0 Å². The fraction of sp³-hybridized carbons (Fsp3) is 0.455. The molecule has 0 atom stereocenters. The molecule has 0 saturated carbocycles. The van der Waals surface area contributed by atoms with Crippen LogP contribution in [0.2, 0.25) is 0 Å². The third kappa shape index (κ3) is 6.90. The summed E-state index contributed by atoms with van der Waals surface area (Å²) in [6.45, 7) is 13.9. The zero-order chi connectivity index (χ0) is 20.6. The lowest BCUT2D eigenvalue weighted by Gasteiger charge is -2.29. The number of rotatable bonds is 4. The second-order valence-corrected chi connectivity index (χ2v) is 9.54. The van der Waals surface area contributed by atoms with Crippen molar-refractivity contribution in [2.75, 3.05) is 31.2 Å². The Bertz CT molecular complexity index is 766. The highest BCUT2D eigenvalue weighted by Crippen LogP contribution is 2.27. The normalized spacial score (nSPS) is 15.1. The molecule has 0 bridgehead atoms. The molecule has 0 spiro atoms. The first-order valence-electron chi connectivity index (χ1n) is 9.75. The number of anilines is 1. The van der Waals surface area contributed by atoms with E-state index in [1.165, 1.54) is 5.69 Å². The van der Waals surface area contributed by atoms with Gasteiger partial charge in [0.15, 0.2) is 0 Å². The maximum Gasteiger partial charge on any atom is 0.106 e. The SMILES string of the molecule is CC.CC(C)(C)S/N=C(/c1ccc(N2CCOCC2)cc1)c1cccc(Br)n1. The number of hydrogen-bond acceptors (Lipinski definition) is 5. The van der Waals surface area contributed by atoms with Crippen LogP contribution in [0.3, 0.4) is 0 Å². The van der Waals surface area contributed by atoms with Gasteiger partial charge in [-0.15, -0.1) is 0 Å². The summed E-state index contributed by atoms with van der Waals surface area (Å²) in [5.41, 5.74) is 4.07. The van der Waals surface area contributed by atoms with E-state index < -0.39 is 0 Å². The molecule has 3 rings (SSSR count). The van der Waals surface area contributed by atoms with Crippen molar-refractivity contribution in [2.45, 2.75) is 39.4 Å². The Balaban J connectivity index is 0.00000136. The van der Waals surface area contributed by atoms with Crippen molar-refractivity contribution in [3.8, 4) is 0 Å². The Kier molecular flexibility index (Phi) is 8.99. The minimum Gasteiger partial charge on any atom is -0.378 e. The summed E-state index contributed by atoms with van der Waals surface area (Å²) in [4.78, 5) is 6.96. The van der Waals surface area contributed by atoms with Gasteiger partial charge in [-0.3, -0.25) is 0 Å². The predicted octanol–water partition coefficient (Wildman–Crippen LogP) is 5.99. The number of morpholine rings is 1. The van der Waals surface area contributed by atoms with Gasteiger partial charge in [0.1, 0.15) is 10.3 Å². The summed E-state index contributed by atoms with van der Waals surface area (Å²) in [5.74, 6) is 0. The van der Waals surface area contributed by atoms with Crippen molar-refractivity contribution < 1.29 is 4.74 Å². The Morgan fingerprint density at radius 2 is 1.71 bits per heavy atom. The van der Waals surface area contributed by atoms with Crippen LogP contribution in [0.4, 0.5) is 5.69 Å². The molecule has 6 heteroatoms. The molecule has 1 aromatic carbocycles. The molecule has 1 aliphatic heterocycles. The van der Waals surface area contributed by atoms with Crippen LogP contribution >= 0.6 is 27.9 Å². The topological polar surface area (TPSA) is 37.7 Å².